The zero-order valence-electron chi connectivity index (χ0n) is 5.16. The second kappa shape index (κ2) is 3.83. The summed E-state index contributed by atoms with van der Waals surface area (Å²) in [5, 5.41) is 16.6. The minimum absolute atomic E-state index is 0.000000000000000222. The van der Waals surface area contributed by atoms with E-state index in [0.29, 0.717) is 0 Å². The first-order chi connectivity index (χ1) is 3.68. The molecule has 0 bridgehead atoms. The number of hydrogen-bond donors (Lipinski definition) is 2. The van der Waals surface area contributed by atoms with Crippen LogP contribution in [0, 0.1) is 5.92 Å². The van der Waals surface area contributed by atoms with Gasteiger partial charge < -0.3 is 5.11 Å². The Hall–Kier alpha value is -0.120. The molecule has 2 atom stereocenters. The van der Waals surface area contributed by atoms with Crippen molar-refractivity contribution in [2.24, 2.45) is 5.92 Å². The molecule has 0 fully saturated rings. The summed E-state index contributed by atoms with van der Waals surface area (Å²) < 4.78 is 0. The van der Waals surface area contributed by atoms with Crippen molar-refractivity contribution < 1.29 is 15.3 Å². The molecule has 0 aliphatic heterocycles. The van der Waals surface area contributed by atoms with Crippen molar-refractivity contribution in [3.8, 4) is 0 Å². The monoisotopic (exact) mass is 120 g/mol. The highest BCUT2D eigenvalue weighted by Crippen LogP contribution is 2.00. The lowest BCUT2D eigenvalue weighted by Gasteiger charge is -2.10. The molecule has 0 spiro atoms. The van der Waals surface area contributed by atoms with Gasteiger partial charge in [0.05, 0.1) is 12.7 Å². The summed E-state index contributed by atoms with van der Waals surface area (Å²) in [6.07, 6.45) is -0.415. The van der Waals surface area contributed by atoms with Gasteiger partial charge in [0, 0.05) is 5.92 Å². The van der Waals surface area contributed by atoms with Crippen LogP contribution in [0.1, 0.15) is 13.8 Å². The molecule has 2 N–H and O–H groups in total. The zero-order chi connectivity index (χ0) is 6.57. The predicted molar refractivity (Wildman–Crippen MR) is 29.4 cm³/mol. The maximum Gasteiger partial charge on any atom is 0.0869 e. The van der Waals surface area contributed by atoms with E-state index in [1.807, 2.05) is 0 Å². The molecule has 0 aromatic carbocycles. The molecular weight excluding hydrogens is 108 g/mol. The summed E-state index contributed by atoms with van der Waals surface area (Å²) in [5.74, 6) is -0.000000000000000222. The standard InChI is InChI=1S/C5H12O3/c1-4(3-8-7)5(2)6/h4-7H,3H2,1-2H3. The summed E-state index contributed by atoms with van der Waals surface area (Å²) >= 11 is 0. The fourth-order valence-corrected chi connectivity index (χ4v) is 0.257. The molecule has 3 nitrogen and oxygen atoms in total. The van der Waals surface area contributed by atoms with Gasteiger partial charge in [-0.05, 0) is 6.92 Å². The van der Waals surface area contributed by atoms with Crippen LogP contribution in [-0.4, -0.2) is 23.1 Å². The largest absolute Gasteiger partial charge is 0.393 e. The topological polar surface area (TPSA) is 49.7 Å². The van der Waals surface area contributed by atoms with Crippen LogP contribution in [0.2, 0.25) is 0 Å². The SMILES string of the molecule is CC(O)C(C)COO. The quantitative estimate of drug-likeness (QED) is 0.421. The smallest absolute Gasteiger partial charge is 0.0869 e. The van der Waals surface area contributed by atoms with Crippen LogP contribution in [-0.2, 0) is 4.89 Å². The van der Waals surface area contributed by atoms with Gasteiger partial charge in [-0.2, -0.15) is 0 Å². The third-order valence-electron chi connectivity index (χ3n) is 1.16. The molecule has 0 amide bonds. The van der Waals surface area contributed by atoms with Gasteiger partial charge >= 0.3 is 0 Å². The Kier molecular flexibility index (Phi) is 3.77. The third kappa shape index (κ3) is 2.96. The highest BCUT2D eigenvalue weighted by molar-refractivity contribution is 4.55. The molecule has 0 aliphatic rings. The number of rotatable bonds is 3. The molecule has 0 radical (unpaired) electrons. The van der Waals surface area contributed by atoms with Gasteiger partial charge in [-0.25, -0.2) is 4.89 Å². The molecule has 0 aromatic rings. The maximum atomic E-state index is 8.76. The van der Waals surface area contributed by atoms with E-state index >= 15 is 0 Å². The summed E-state index contributed by atoms with van der Waals surface area (Å²) in [5.41, 5.74) is 0. The van der Waals surface area contributed by atoms with Crippen LogP contribution in [0.4, 0.5) is 0 Å². The van der Waals surface area contributed by atoms with Crippen LogP contribution < -0.4 is 0 Å². The summed E-state index contributed by atoms with van der Waals surface area (Å²) in [4.78, 5) is 3.80. The van der Waals surface area contributed by atoms with Crippen molar-refractivity contribution in [2.75, 3.05) is 6.61 Å². The molecule has 0 saturated carbocycles. The molecule has 2 unspecified atom stereocenters. The molecule has 0 aliphatic carbocycles. The Morgan fingerprint density at radius 3 is 2.12 bits per heavy atom. The summed E-state index contributed by atoms with van der Waals surface area (Å²) in [6.45, 7) is 3.64. The van der Waals surface area contributed by atoms with Gasteiger partial charge in [-0.1, -0.05) is 6.92 Å². The Morgan fingerprint density at radius 1 is 1.50 bits per heavy atom. The van der Waals surface area contributed by atoms with Gasteiger partial charge in [0.15, 0.2) is 0 Å². The molecule has 0 aromatic heterocycles. The van der Waals surface area contributed by atoms with Crippen molar-refractivity contribution in [3.05, 3.63) is 0 Å². The van der Waals surface area contributed by atoms with E-state index in [-0.39, 0.29) is 12.5 Å². The van der Waals surface area contributed by atoms with Crippen LogP contribution in [0.3, 0.4) is 0 Å². The van der Waals surface area contributed by atoms with Crippen LogP contribution in [0.25, 0.3) is 0 Å². The van der Waals surface area contributed by atoms with E-state index in [1.165, 1.54) is 0 Å². The van der Waals surface area contributed by atoms with Crippen molar-refractivity contribution in [1.29, 1.82) is 0 Å². The van der Waals surface area contributed by atoms with Gasteiger partial charge in [-0.3, -0.25) is 5.26 Å². The fraction of sp³-hybridized carbons (Fsp3) is 1.00. The van der Waals surface area contributed by atoms with Crippen molar-refractivity contribution in [2.45, 2.75) is 20.0 Å². The highest BCUT2D eigenvalue weighted by atomic mass is 17.1. The van der Waals surface area contributed by atoms with Crippen molar-refractivity contribution in [1.82, 2.24) is 0 Å². The van der Waals surface area contributed by atoms with Gasteiger partial charge in [0.2, 0.25) is 0 Å². The Bertz CT molecular complexity index is 53.6. The zero-order valence-corrected chi connectivity index (χ0v) is 5.16. The van der Waals surface area contributed by atoms with Crippen LogP contribution >= 0.6 is 0 Å². The first-order valence-electron chi connectivity index (χ1n) is 2.63. The molecule has 0 rings (SSSR count). The highest BCUT2D eigenvalue weighted by Gasteiger charge is 2.07. The first-order valence-corrected chi connectivity index (χ1v) is 2.63. The lowest BCUT2D eigenvalue weighted by atomic mass is 10.1. The second-order valence-electron chi connectivity index (χ2n) is 2.01. The number of aliphatic hydroxyl groups excluding tert-OH is 1. The van der Waals surface area contributed by atoms with Crippen LogP contribution in [0.15, 0.2) is 0 Å². The molecule has 8 heavy (non-hydrogen) atoms. The third-order valence-corrected chi connectivity index (χ3v) is 1.16. The number of aliphatic hydroxyl groups is 1. The van der Waals surface area contributed by atoms with E-state index in [9.17, 15) is 0 Å². The van der Waals surface area contributed by atoms with Crippen molar-refractivity contribution >= 4 is 0 Å². The predicted octanol–water partition coefficient (Wildman–Crippen LogP) is 0.493. The van der Waals surface area contributed by atoms with E-state index in [1.54, 1.807) is 13.8 Å². The second-order valence-corrected chi connectivity index (χ2v) is 2.01. The Morgan fingerprint density at radius 2 is 2.00 bits per heavy atom. The molecule has 50 valence electrons. The summed E-state index contributed by atoms with van der Waals surface area (Å²) in [6, 6.07) is 0. The fourth-order valence-electron chi connectivity index (χ4n) is 0.257. The van der Waals surface area contributed by atoms with Gasteiger partial charge in [0.25, 0.3) is 0 Å². The average molecular weight is 120 g/mol. The van der Waals surface area contributed by atoms with E-state index < -0.39 is 6.10 Å². The lowest BCUT2D eigenvalue weighted by molar-refractivity contribution is -0.254. The summed E-state index contributed by atoms with van der Waals surface area (Å²) in [7, 11) is 0. The Balaban J connectivity index is 3.17. The minimum atomic E-state index is -0.415. The van der Waals surface area contributed by atoms with E-state index in [4.69, 9.17) is 10.4 Å². The Labute approximate surface area is 48.8 Å². The lowest BCUT2D eigenvalue weighted by Crippen LogP contribution is -2.17. The molecule has 0 saturated heterocycles. The van der Waals surface area contributed by atoms with Crippen molar-refractivity contribution in [3.63, 3.8) is 0 Å². The number of hydrogen-bond acceptors (Lipinski definition) is 3. The van der Waals surface area contributed by atoms with E-state index in [0.717, 1.165) is 0 Å². The maximum absolute atomic E-state index is 8.76. The first kappa shape index (κ1) is 7.88. The molecular formula is C5H12O3. The van der Waals surface area contributed by atoms with Gasteiger partial charge in [-0.15, -0.1) is 0 Å². The average Bonchev–Trinajstić information content (AvgIpc) is 1.67. The van der Waals surface area contributed by atoms with Gasteiger partial charge in [0.1, 0.15) is 0 Å². The normalized spacial score (nSPS) is 18.0. The molecule has 0 heterocycles. The van der Waals surface area contributed by atoms with E-state index in [2.05, 4.69) is 4.89 Å². The van der Waals surface area contributed by atoms with Crippen LogP contribution in [0.5, 0.6) is 0 Å². The minimum Gasteiger partial charge on any atom is -0.393 e. The molecule has 3 heteroatoms.